The highest BCUT2D eigenvalue weighted by Crippen LogP contribution is 2.51. The Kier molecular flexibility index (Phi) is 7.84. The molecule has 0 fully saturated rings. The van der Waals surface area contributed by atoms with Crippen LogP contribution in [0.15, 0.2) is 156 Å². The van der Waals surface area contributed by atoms with Gasteiger partial charge in [-0.3, -0.25) is 14.9 Å². The van der Waals surface area contributed by atoms with E-state index in [4.69, 9.17) is 15.0 Å². The molecule has 6 nitrogen and oxygen atoms in total. The van der Waals surface area contributed by atoms with Gasteiger partial charge in [0.25, 0.3) is 0 Å². The summed E-state index contributed by atoms with van der Waals surface area (Å²) in [5.74, 6) is 1.45. The number of rotatable bonds is 6. The topological polar surface area (TPSA) is 66.6 Å². The van der Waals surface area contributed by atoms with Crippen molar-refractivity contribution in [3.8, 4) is 11.1 Å². The number of benzene rings is 3. The number of aliphatic imine (C=N–C) groups is 2. The van der Waals surface area contributed by atoms with Crippen molar-refractivity contribution in [1.29, 1.82) is 0 Å². The molecule has 0 aliphatic carbocycles. The van der Waals surface area contributed by atoms with Crippen LogP contribution in [0.25, 0.3) is 16.8 Å². The molecule has 7 rings (SSSR count). The summed E-state index contributed by atoms with van der Waals surface area (Å²) >= 11 is 0. The number of pyridine rings is 3. The van der Waals surface area contributed by atoms with E-state index in [-0.39, 0.29) is 5.41 Å². The highest BCUT2D eigenvalue weighted by molar-refractivity contribution is 6.11. The molecule has 3 aromatic carbocycles. The van der Waals surface area contributed by atoms with Crippen LogP contribution in [0, 0.1) is 0 Å². The number of aromatic nitrogens is 3. The number of hydrogen-bond acceptors (Lipinski definition) is 5. The lowest BCUT2D eigenvalue weighted by Crippen LogP contribution is -2.31. The molecule has 1 aliphatic rings. The molecule has 0 unspecified atom stereocenters. The van der Waals surface area contributed by atoms with Gasteiger partial charge in [0.1, 0.15) is 11.5 Å². The molecule has 1 aliphatic heterocycles. The molecular formula is C41H34N6. The Bertz CT molecular complexity index is 2120. The van der Waals surface area contributed by atoms with Gasteiger partial charge in [-0.1, -0.05) is 87.2 Å². The van der Waals surface area contributed by atoms with E-state index in [2.05, 4.69) is 108 Å². The Balaban J connectivity index is 1.22. The lowest BCUT2D eigenvalue weighted by molar-refractivity contribution is 0.627. The highest BCUT2D eigenvalue weighted by Gasteiger charge is 2.37. The third-order valence-corrected chi connectivity index (χ3v) is 8.59. The quantitative estimate of drug-likeness (QED) is 0.139. The molecule has 6 heteroatoms. The first kappa shape index (κ1) is 29.7. The molecular weight excluding hydrogens is 576 g/mol. The second-order valence-corrected chi connectivity index (χ2v) is 12.0. The van der Waals surface area contributed by atoms with Crippen LogP contribution in [-0.2, 0) is 5.41 Å². The summed E-state index contributed by atoms with van der Waals surface area (Å²) in [5, 5.41) is 0. The Morgan fingerprint density at radius 3 is 2.00 bits per heavy atom. The summed E-state index contributed by atoms with van der Waals surface area (Å²) in [7, 11) is 0. The standard InChI is InChI=1S/C41H34N6/c1-28(45-39(37-17-9-11-25-43-37)46-29(2)36-16-8-10-24-42-36)30-18-20-31(21-19-30)32-22-23-38-35(27-32)41(3,4)34-15-12-26-44-40(34)47(38)33-13-6-5-7-14-33/h5-27H,1H2,2-4H3. The van der Waals surface area contributed by atoms with Gasteiger partial charge in [0, 0.05) is 35.3 Å². The fourth-order valence-electron chi connectivity index (χ4n) is 6.05. The minimum absolute atomic E-state index is 0.237. The molecule has 0 bridgehead atoms. The maximum Gasteiger partial charge on any atom is 0.178 e. The van der Waals surface area contributed by atoms with Crippen molar-refractivity contribution < 1.29 is 0 Å². The zero-order chi connectivity index (χ0) is 32.4. The Morgan fingerprint density at radius 1 is 0.638 bits per heavy atom. The van der Waals surface area contributed by atoms with E-state index in [9.17, 15) is 0 Å². The van der Waals surface area contributed by atoms with E-state index in [1.54, 1.807) is 12.4 Å². The van der Waals surface area contributed by atoms with E-state index in [1.165, 1.54) is 11.1 Å². The maximum atomic E-state index is 4.85. The first-order chi connectivity index (χ1) is 22.9. The number of nitrogens with zero attached hydrogens (tertiary/aromatic N) is 6. The van der Waals surface area contributed by atoms with Gasteiger partial charge in [-0.15, -0.1) is 0 Å². The lowest BCUT2D eigenvalue weighted by Gasteiger charge is -2.41. The zero-order valence-electron chi connectivity index (χ0n) is 26.7. The molecule has 0 spiro atoms. The fraction of sp³-hybridized carbons (Fsp3) is 0.0976. The van der Waals surface area contributed by atoms with Gasteiger partial charge in [0.05, 0.1) is 22.8 Å². The van der Waals surface area contributed by atoms with Gasteiger partial charge in [-0.05, 0) is 83.8 Å². The van der Waals surface area contributed by atoms with Crippen molar-refractivity contribution >= 4 is 34.4 Å². The van der Waals surface area contributed by atoms with Gasteiger partial charge in [0.2, 0.25) is 0 Å². The second-order valence-electron chi connectivity index (χ2n) is 12.0. The van der Waals surface area contributed by atoms with Crippen LogP contribution in [0.4, 0.5) is 17.2 Å². The third-order valence-electron chi connectivity index (χ3n) is 8.59. The average Bonchev–Trinajstić information content (AvgIpc) is 3.12. The fourth-order valence-corrected chi connectivity index (χ4v) is 6.05. The minimum atomic E-state index is -0.237. The van der Waals surface area contributed by atoms with E-state index < -0.39 is 0 Å². The number of fused-ring (bicyclic) bond motifs is 2. The third kappa shape index (κ3) is 5.77. The molecule has 47 heavy (non-hydrogen) atoms. The van der Waals surface area contributed by atoms with Gasteiger partial charge < -0.3 is 0 Å². The maximum absolute atomic E-state index is 4.85. The first-order valence-corrected chi connectivity index (χ1v) is 15.6. The predicted molar refractivity (Wildman–Crippen MR) is 193 cm³/mol. The molecule has 0 saturated carbocycles. The predicted octanol–water partition coefficient (Wildman–Crippen LogP) is 9.57. The van der Waals surface area contributed by atoms with Crippen LogP contribution < -0.4 is 4.90 Å². The van der Waals surface area contributed by atoms with E-state index in [1.807, 2.05) is 61.7 Å². The summed E-state index contributed by atoms with van der Waals surface area (Å²) in [5.41, 5.74) is 10.4. The summed E-state index contributed by atoms with van der Waals surface area (Å²) in [6.07, 6.45) is 5.37. The van der Waals surface area contributed by atoms with Crippen molar-refractivity contribution in [1.82, 2.24) is 15.0 Å². The summed E-state index contributed by atoms with van der Waals surface area (Å²) < 4.78 is 0. The summed E-state index contributed by atoms with van der Waals surface area (Å²) in [4.78, 5) is 25.7. The van der Waals surface area contributed by atoms with Gasteiger partial charge in [-0.25, -0.2) is 15.0 Å². The molecule has 0 amide bonds. The number of anilines is 3. The summed E-state index contributed by atoms with van der Waals surface area (Å²) in [6.45, 7) is 10.8. The highest BCUT2D eigenvalue weighted by atomic mass is 15.2. The molecule has 3 aromatic heterocycles. The van der Waals surface area contributed by atoms with E-state index in [0.29, 0.717) is 17.2 Å². The monoisotopic (exact) mass is 610 g/mol. The van der Waals surface area contributed by atoms with Crippen LogP contribution >= 0.6 is 0 Å². The Labute approximate surface area is 275 Å². The van der Waals surface area contributed by atoms with Crippen molar-refractivity contribution in [3.63, 3.8) is 0 Å². The first-order valence-electron chi connectivity index (χ1n) is 15.6. The van der Waals surface area contributed by atoms with Gasteiger partial charge in [0.15, 0.2) is 5.84 Å². The van der Waals surface area contributed by atoms with E-state index >= 15 is 0 Å². The molecule has 0 atom stereocenters. The molecule has 0 N–H and O–H groups in total. The van der Waals surface area contributed by atoms with Crippen LogP contribution in [0.3, 0.4) is 0 Å². The van der Waals surface area contributed by atoms with Crippen LogP contribution in [0.5, 0.6) is 0 Å². The average molecular weight is 611 g/mol. The molecule has 0 saturated heterocycles. The van der Waals surface area contributed by atoms with Crippen LogP contribution in [-0.4, -0.2) is 26.5 Å². The van der Waals surface area contributed by atoms with Crippen molar-refractivity contribution in [2.75, 3.05) is 4.90 Å². The number of amidine groups is 1. The zero-order valence-corrected chi connectivity index (χ0v) is 26.7. The number of para-hydroxylation sites is 1. The SMILES string of the molecule is C=C(N=C(N=C(C)c1ccccn1)c1ccccn1)c1ccc(-c2ccc3c(c2)C(C)(C)c2cccnc2N3c2ccccc2)cc1. The van der Waals surface area contributed by atoms with Gasteiger partial charge in [-0.2, -0.15) is 0 Å². The largest absolute Gasteiger partial charge is 0.294 e. The van der Waals surface area contributed by atoms with E-state index in [0.717, 1.165) is 45.3 Å². The minimum Gasteiger partial charge on any atom is -0.294 e. The van der Waals surface area contributed by atoms with Crippen LogP contribution in [0.1, 0.15) is 48.8 Å². The van der Waals surface area contributed by atoms with Crippen molar-refractivity contribution in [3.05, 3.63) is 175 Å². The smallest absolute Gasteiger partial charge is 0.178 e. The van der Waals surface area contributed by atoms with Crippen LogP contribution in [0.2, 0.25) is 0 Å². The Hall–Kier alpha value is -6.01. The normalized spacial score (nSPS) is 13.9. The molecule has 228 valence electrons. The van der Waals surface area contributed by atoms with Gasteiger partial charge >= 0.3 is 0 Å². The molecule has 6 aromatic rings. The van der Waals surface area contributed by atoms with Crippen molar-refractivity contribution in [2.45, 2.75) is 26.2 Å². The second kappa shape index (κ2) is 12.4. The molecule has 4 heterocycles. The number of hydrogen-bond donors (Lipinski definition) is 0. The molecule has 0 radical (unpaired) electrons. The lowest BCUT2D eigenvalue weighted by atomic mass is 9.74. The summed E-state index contributed by atoms with van der Waals surface area (Å²) in [6, 6.07) is 41.2. The Morgan fingerprint density at radius 2 is 1.30 bits per heavy atom. The van der Waals surface area contributed by atoms with Crippen molar-refractivity contribution in [2.24, 2.45) is 9.98 Å².